The highest BCUT2D eigenvalue weighted by molar-refractivity contribution is 5.91. The van der Waals surface area contributed by atoms with Crippen molar-refractivity contribution in [1.29, 1.82) is 0 Å². The Hall–Kier alpha value is -5.88. The third-order valence-corrected chi connectivity index (χ3v) is 9.48. The number of carbonyl (C=O) groups excluding carboxylic acids is 1. The molecule has 0 amide bonds. The molecule has 3 heterocycles. The second kappa shape index (κ2) is 17.5. The van der Waals surface area contributed by atoms with Gasteiger partial charge < -0.3 is 93.7 Å². The molecule has 0 bridgehead atoms. The van der Waals surface area contributed by atoms with Gasteiger partial charge in [0.05, 0.1) is 20.8 Å². The first-order valence-electron chi connectivity index (χ1n) is 17.6. The molecule has 6 rings (SSSR count). The minimum atomic E-state index is -2.00. The second-order valence-corrected chi connectivity index (χ2v) is 13.3. The molecule has 0 spiro atoms. The predicted molar refractivity (Wildman–Crippen MR) is 196 cm³/mol. The maximum atomic E-state index is 14.2. The van der Waals surface area contributed by atoms with Gasteiger partial charge in [0.15, 0.2) is 40.3 Å². The maximum Gasteiger partial charge on any atom is 0.330 e. The van der Waals surface area contributed by atoms with E-state index in [1.165, 1.54) is 37.5 Å². The fraction of sp³-hybridized carbons (Fsp3) is 0.368. The summed E-state index contributed by atoms with van der Waals surface area (Å²) < 4.78 is 44.0. The number of aliphatic hydroxyl groups excluding tert-OH is 7. The molecule has 10 atom stereocenters. The molecule has 2 aliphatic heterocycles. The van der Waals surface area contributed by atoms with Crippen LogP contribution in [0.5, 0.6) is 46.0 Å². The first kappa shape index (κ1) is 42.7. The van der Waals surface area contributed by atoms with E-state index in [0.29, 0.717) is 5.56 Å². The number of aliphatic hydroxyl groups is 7. The number of hydrogen-bond donors (Lipinski definition) is 11. The lowest BCUT2D eigenvalue weighted by Crippen LogP contribution is -2.60. The van der Waals surface area contributed by atoms with Crippen molar-refractivity contribution in [1.82, 2.24) is 0 Å². The lowest BCUT2D eigenvalue weighted by atomic mass is 9.99. The number of ether oxygens (including phenoxy) is 7. The van der Waals surface area contributed by atoms with E-state index in [9.17, 15) is 65.8 Å². The van der Waals surface area contributed by atoms with Gasteiger partial charge in [0.1, 0.15) is 66.4 Å². The fourth-order valence-electron chi connectivity index (χ4n) is 6.26. The quantitative estimate of drug-likeness (QED) is 0.0459. The van der Waals surface area contributed by atoms with E-state index < -0.39 is 137 Å². The van der Waals surface area contributed by atoms with Gasteiger partial charge in [-0.3, -0.25) is 4.79 Å². The molecule has 11 N–H and O–H groups in total. The molecule has 4 aromatic rings. The fourth-order valence-corrected chi connectivity index (χ4v) is 6.26. The van der Waals surface area contributed by atoms with E-state index in [4.69, 9.17) is 37.6 Å². The molecular formula is C38H40O21. The van der Waals surface area contributed by atoms with Crippen molar-refractivity contribution in [3.05, 3.63) is 64.3 Å². The number of phenolic OH excluding ortho intramolecular Hbond substituents is 4. The van der Waals surface area contributed by atoms with Gasteiger partial charge in [-0.2, -0.15) is 0 Å². The monoisotopic (exact) mass is 832 g/mol. The van der Waals surface area contributed by atoms with E-state index in [1.54, 1.807) is 0 Å². The van der Waals surface area contributed by atoms with Gasteiger partial charge >= 0.3 is 5.97 Å². The SMILES string of the molecule is COc1cc(/C=C/C(=O)OC[C@H]2O[C@@H](Oc3cc4oc(-c5ccc(O)c(O)c5)c(O[C@@H]5O[C@H](CO)[C@H](O)[C@H](O)[C@H]5O)c(=O)c4c(O)c3OC)[C@H](O)[C@@H](O)[C@@H]2O)ccc1O. The average molecular weight is 833 g/mol. The first-order valence-corrected chi connectivity index (χ1v) is 17.6. The molecule has 0 aliphatic carbocycles. The number of aromatic hydroxyl groups is 4. The summed E-state index contributed by atoms with van der Waals surface area (Å²) in [7, 11) is 2.41. The largest absolute Gasteiger partial charge is 0.504 e. The molecule has 59 heavy (non-hydrogen) atoms. The van der Waals surface area contributed by atoms with Crippen molar-refractivity contribution < 1.29 is 98.5 Å². The van der Waals surface area contributed by atoms with Crippen molar-refractivity contribution in [2.75, 3.05) is 27.4 Å². The van der Waals surface area contributed by atoms with E-state index >= 15 is 0 Å². The Kier molecular flexibility index (Phi) is 12.7. The van der Waals surface area contributed by atoms with Gasteiger partial charge in [0, 0.05) is 17.7 Å². The van der Waals surface area contributed by atoms with Crippen LogP contribution in [0.2, 0.25) is 0 Å². The van der Waals surface area contributed by atoms with Crippen molar-refractivity contribution in [3.8, 4) is 57.3 Å². The van der Waals surface area contributed by atoms with Gasteiger partial charge in [-0.25, -0.2) is 4.79 Å². The Labute approximate surface area is 331 Å². The summed E-state index contributed by atoms with van der Waals surface area (Å²) in [5.41, 5.74) is -1.30. The molecule has 0 saturated carbocycles. The standard InChI is InChI=1S/C38H40O21/c1-52-19-9-14(3-6-17(19)41)4-8-24(43)54-13-23-27(45)31(49)32(50)37(58-23)56-21-11-20-25(28(46)35(21)53-2)29(47)36(34(55-20)15-5-7-16(40)18(42)10-15)59-38-33(51)30(48)26(44)22(12-39)57-38/h3-11,22-23,26-27,30-33,37-42,44-46,48-51H,12-13H2,1-2H3/b8-4+/t22-,23-,26+,27-,30+,31+,32-,33-,37-,38+/m1/s1. The van der Waals surface area contributed by atoms with E-state index in [2.05, 4.69) is 0 Å². The number of carbonyl (C=O) groups is 1. The van der Waals surface area contributed by atoms with E-state index in [0.717, 1.165) is 31.4 Å². The molecule has 318 valence electrons. The molecule has 0 unspecified atom stereocenters. The van der Waals surface area contributed by atoms with Gasteiger partial charge in [-0.05, 0) is 42.0 Å². The van der Waals surface area contributed by atoms with Gasteiger partial charge in [0.25, 0.3) is 0 Å². The van der Waals surface area contributed by atoms with Crippen LogP contribution in [0.25, 0.3) is 28.4 Å². The van der Waals surface area contributed by atoms with Crippen molar-refractivity contribution in [3.63, 3.8) is 0 Å². The third kappa shape index (κ3) is 8.50. The number of methoxy groups -OCH3 is 2. The summed E-state index contributed by atoms with van der Waals surface area (Å²) in [4.78, 5) is 26.7. The number of rotatable bonds is 12. The number of phenols is 4. The summed E-state index contributed by atoms with van der Waals surface area (Å²) in [6.07, 6.45) is -15.8. The summed E-state index contributed by atoms with van der Waals surface area (Å²) in [6, 6.07) is 8.48. The highest BCUT2D eigenvalue weighted by Gasteiger charge is 2.47. The minimum Gasteiger partial charge on any atom is -0.504 e. The zero-order valence-electron chi connectivity index (χ0n) is 30.9. The van der Waals surface area contributed by atoms with Crippen molar-refractivity contribution >= 4 is 23.0 Å². The first-order chi connectivity index (χ1) is 28.1. The Morgan fingerprint density at radius 3 is 2.00 bits per heavy atom. The van der Waals surface area contributed by atoms with Crippen molar-refractivity contribution in [2.24, 2.45) is 0 Å². The number of hydrogen-bond acceptors (Lipinski definition) is 21. The van der Waals surface area contributed by atoms with Crippen LogP contribution in [0.15, 0.2) is 57.8 Å². The van der Waals surface area contributed by atoms with Crippen LogP contribution in [0.3, 0.4) is 0 Å². The van der Waals surface area contributed by atoms with E-state index in [1.807, 2.05) is 0 Å². The van der Waals surface area contributed by atoms with Crippen molar-refractivity contribution in [2.45, 2.75) is 61.4 Å². The molecule has 2 saturated heterocycles. The molecule has 1 aromatic heterocycles. The molecule has 0 radical (unpaired) electrons. The highest BCUT2D eigenvalue weighted by atomic mass is 16.7. The highest BCUT2D eigenvalue weighted by Crippen LogP contribution is 2.46. The normalized spacial score (nSPS) is 27.1. The van der Waals surface area contributed by atoms with Gasteiger partial charge in [0.2, 0.25) is 29.5 Å². The molecular weight excluding hydrogens is 792 g/mol. The molecule has 21 nitrogen and oxygen atoms in total. The summed E-state index contributed by atoms with van der Waals surface area (Å²) in [6.45, 7) is -1.50. The second-order valence-electron chi connectivity index (χ2n) is 13.3. The summed E-state index contributed by atoms with van der Waals surface area (Å²) >= 11 is 0. The Morgan fingerprint density at radius 1 is 0.712 bits per heavy atom. The zero-order valence-corrected chi connectivity index (χ0v) is 30.9. The van der Waals surface area contributed by atoms with Gasteiger partial charge in [-0.1, -0.05) is 6.07 Å². The summed E-state index contributed by atoms with van der Waals surface area (Å²) in [5, 5.41) is 114. The zero-order chi connectivity index (χ0) is 42.9. The van der Waals surface area contributed by atoms with Crippen LogP contribution in [0.1, 0.15) is 5.56 Å². The van der Waals surface area contributed by atoms with Gasteiger partial charge in [-0.15, -0.1) is 0 Å². The van der Waals surface area contributed by atoms with E-state index in [-0.39, 0.29) is 17.1 Å². The maximum absolute atomic E-state index is 14.2. The lowest BCUT2D eigenvalue weighted by molar-refractivity contribution is -0.278. The Bertz CT molecular complexity index is 2250. The predicted octanol–water partition coefficient (Wildman–Crippen LogP) is -1.08. The van der Waals surface area contributed by atoms with Crippen LogP contribution in [-0.4, -0.2) is 151 Å². The van der Waals surface area contributed by atoms with Crippen LogP contribution < -0.4 is 24.4 Å². The molecule has 2 fully saturated rings. The Balaban J connectivity index is 1.32. The number of fused-ring (bicyclic) bond motifs is 1. The number of esters is 1. The molecule has 2 aliphatic rings. The smallest absolute Gasteiger partial charge is 0.330 e. The van der Waals surface area contributed by atoms with Crippen LogP contribution in [0, 0.1) is 0 Å². The number of benzene rings is 3. The summed E-state index contributed by atoms with van der Waals surface area (Å²) in [5.74, 6) is -5.41. The third-order valence-electron chi connectivity index (χ3n) is 9.48. The lowest BCUT2D eigenvalue weighted by Gasteiger charge is -2.40. The minimum absolute atomic E-state index is 0.122. The van der Waals surface area contributed by atoms with Crippen LogP contribution in [0.4, 0.5) is 0 Å². The Morgan fingerprint density at radius 2 is 1.36 bits per heavy atom. The van der Waals surface area contributed by atoms with Crippen LogP contribution >= 0.6 is 0 Å². The average Bonchev–Trinajstić information content (AvgIpc) is 3.22. The molecule has 3 aromatic carbocycles. The topological polar surface area (TPSA) is 334 Å². The van der Waals surface area contributed by atoms with Crippen LogP contribution in [-0.2, 0) is 19.0 Å². The molecule has 21 heteroatoms.